The molecule has 0 amide bonds. The van der Waals surface area contributed by atoms with Crippen molar-refractivity contribution in [2.24, 2.45) is 0 Å². The summed E-state index contributed by atoms with van der Waals surface area (Å²) >= 11 is 1.75. The van der Waals surface area contributed by atoms with Crippen LogP contribution >= 0.6 is 11.8 Å². The summed E-state index contributed by atoms with van der Waals surface area (Å²) in [5, 5.41) is 13.3. The van der Waals surface area contributed by atoms with Crippen molar-refractivity contribution in [3.05, 3.63) is 169 Å². The number of hydrogen-bond donors (Lipinski definition) is 0. The van der Waals surface area contributed by atoms with Crippen LogP contribution in [0.25, 0.3) is 76.1 Å². The average Bonchev–Trinajstić information content (AvgIpc) is 3.11. The van der Waals surface area contributed by atoms with E-state index in [1.807, 2.05) is 12.5 Å². The lowest BCUT2D eigenvalue weighted by Gasteiger charge is -2.14. The zero-order valence-electron chi connectivity index (χ0n) is 26.5. The van der Waals surface area contributed by atoms with E-state index in [-0.39, 0.29) is 0 Å². The highest BCUT2D eigenvalue weighted by atomic mass is 32.2. The molecular weight excluding hydrogens is 573 g/mol. The van der Waals surface area contributed by atoms with E-state index in [9.17, 15) is 0 Å². The minimum absolute atomic E-state index is 1.26. The molecule has 0 radical (unpaired) electrons. The minimum Gasteiger partial charge on any atom is -0.169 e. The molecule has 0 bridgehead atoms. The molecule has 0 aliphatic heterocycles. The number of rotatable bonds is 2. The molecule has 0 fully saturated rings. The third kappa shape index (κ3) is 5.83. The molecule has 9 aromatic carbocycles. The molecule has 0 aliphatic rings. The maximum absolute atomic E-state index is 2.29. The van der Waals surface area contributed by atoms with Crippen LogP contribution in [0.5, 0.6) is 0 Å². The van der Waals surface area contributed by atoms with E-state index in [1.165, 1.54) is 81.7 Å². The van der Waals surface area contributed by atoms with E-state index >= 15 is 0 Å². The normalized spacial score (nSPS) is 11.0. The van der Waals surface area contributed by atoms with Crippen LogP contribution in [0, 0.1) is 6.92 Å². The van der Waals surface area contributed by atoms with E-state index in [1.54, 1.807) is 11.8 Å². The van der Waals surface area contributed by atoms with Gasteiger partial charge in [-0.2, -0.15) is 11.8 Å². The molecule has 46 heavy (non-hydrogen) atoms. The van der Waals surface area contributed by atoms with E-state index in [2.05, 4.69) is 171 Å². The summed E-state index contributed by atoms with van der Waals surface area (Å²) in [6.07, 6.45) is 4.08. The Bertz CT molecular complexity index is 2280. The molecule has 0 aromatic heterocycles. The van der Waals surface area contributed by atoms with E-state index in [0.29, 0.717) is 0 Å². The van der Waals surface area contributed by atoms with Crippen molar-refractivity contribution in [3.8, 4) is 22.3 Å². The maximum Gasteiger partial charge on any atom is -0.00206 e. The lowest BCUT2D eigenvalue weighted by molar-refractivity contribution is 1.47. The quantitative estimate of drug-likeness (QED) is 0.139. The Kier molecular flexibility index (Phi) is 8.42. The molecule has 0 nitrogen and oxygen atoms in total. The topological polar surface area (TPSA) is 0 Å². The van der Waals surface area contributed by atoms with Crippen LogP contribution in [-0.2, 0) is 0 Å². The highest BCUT2D eigenvalue weighted by Gasteiger charge is 2.12. The Balaban J connectivity index is 0.000000166. The van der Waals surface area contributed by atoms with Crippen LogP contribution in [0.15, 0.2) is 164 Å². The SMILES string of the molecule is CSC.Cc1ccc(-c2ccc(-c3ccc4ccc5cccc6ccc3c4c56)cc2)cc1.c1ccc2cc3ccccc3cc2c1. The van der Waals surface area contributed by atoms with Crippen LogP contribution in [0.2, 0.25) is 0 Å². The van der Waals surface area contributed by atoms with Gasteiger partial charge in [0.2, 0.25) is 0 Å². The van der Waals surface area contributed by atoms with Gasteiger partial charge in [-0.1, -0.05) is 157 Å². The molecule has 0 aliphatic carbocycles. The maximum atomic E-state index is 2.29. The summed E-state index contributed by atoms with van der Waals surface area (Å²) in [5.74, 6) is 0. The van der Waals surface area contributed by atoms with Gasteiger partial charge in [-0.25, -0.2) is 0 Å². The van der Waals surface area contributed by atoms with Crippen molar-refractivity contribution < 1.29 is 0 Å². The third-order valence-corrected chi connectivity index (χ3v) is 8.72. The van der Waals surface area contributed by atoms with Gasteiger partial charge in [-0.15, -0.1) is 0 Å². The Morgan fingerprint density at radius 3 is 1.26 bits per heavy atom. The standard InChI is InChI=1S/C29H20.C14H10.C2H6S/c1-19-5-7-20(8-6-19)21-9-11-22(12-10-21)26-17-15-25-14-13-23-3-2-4-24-16-18-27(26)29(25)28(23)24;1-2-6-12-10-14-8-4-3-7-13(14)9-11(12)5-1;1-3-2/h2-18H,1H3;1-10H;1-2H3. The fourth-order valence-corrected chi connectivity index (χ4v) is 6.46. The zero-order valence-corrected chi connectivity index (χ0v) is 27.3. The molecular formula is C45H36S. The Labute approximate surface area is 275 Å². The Hall–Kier alpha value is -5.11. The zero-order chi connectivity index (χ0) is 31.5. The van der Waals surface area contributed by atoms with Gasteiger partial charge in [-0.05, 0) is 108 Å². The summed E-state index contributed by atoms with van der Waals surface area (Å²) in [5.41, 5.74) is 6.37. The van der Waals surface area contributed by atoms with E-state index < -0.39 is 0 Å². The molecule has 0 unspecified atom stereocenters. The van der Waals surface area contributed by atoms with Gasteiger partial charge < -0.3 is 0 Å². The minimum atomic E-state index is 1.26. The monoisotopic (exact) mass is 608 g/mol. The first-order valence-electron chi connectivity index (χ1n) is 15.7. The lowest BCUT2D eigenvalue weighted by atomic mass is 9.89. The van der Waals surface area contributed by atoms with Crippen molar-refractivity contribution >= 4 is 65.6 Å². The van der Waals surface area contributed by atoms with Crippen LogP contribution in [0.1, 0.15) is 5.56 Å². The fraction of sp³-hybridized carbons (Fsp3) is 0.0667. The average molecular weight is 609 g/mol. The molecule has 9 rings (SSSR count). The summed E-state index contributed by atoms with van der Waals surface area (Å²) in [6.45, 7) is 2.13. The molecule has 222 valence electrons. The number of benzene rings is 9. The number of thioether (sulfide) groups is 1. The molecule has 0 heterocycles. The second kappa shape index (κ2) is 13.1. The van der Waals surface area contributed by atoms with E-state index in [4.69, 9.17) is 0 Å². The molecule has 1 heteroatoms. The molecule has 0 saturated heterocycles. The number of fused-ring (bicyclic) bond motifs is 2. The second-order valence-electron chi connectivity index (χ2n) is 11.9. The van der Waals surface area contributed by atoms with Crippen LogP contribution in [-0.4, -0.2) is 12.5 Å². The number of hydrogen-bond acceptors (Lipinski definition) is 1. The smallest absolute Gasteiger partial charge is 0.00206 e. The summed E-state index contributed by atoms with van der Waals surface area (Å²) in [6, 6.07) is 59.2. The molecule has 0 N–H and O–H groups in total. The molecule has 0 atom stereocenters. The Morgan fingerprint density at radius 1 is 0.348 bits per heavy atom. The van der Waals surface area contributed by atoms with Gasteiger partial charge >= 0.3 is 0 Å². The first-order valence-corrected chi connectivity index (χ1v) is 17.4. The summed E-state index contributed by atoms with van der Waals surface area (Å²) in [4.78, 5) is 0. The van der Waals surface area contributed by atoms with Gasteiger partial charge in [0, 0.05) is 0 Å². The van der Waals surface area contributed by atoms with Crippen LogP contribution < -0.4 is 0 Å². The molecule has 9 aromatic rings. The van der Waals surface area contributed by atoms with Gasteiger partial charge in [0.15, 0.2) is 0 Å². The highest BCUT2D eigenvalue weighted by molar-refractivity contribution is 7.97. The first kappa shape index (κ1) is 29.6. The van der Waals surface area contributed by atoms with Crippen molar-refractivity contribution in [2.45, 2.75) is 6.92 Å². The lowest BCUT2D eigenvalue weighted by Crippen LogP contribution is -1.87. The van der Waals surface area contributed by atoms with Crippen molar-refractivity contribution in [1.82, 2.24) is 0 Å². The predicted octanol–water partition coefficient (Wildman–Crippen LogP) is 13.2. The molecule has 0 spiro atoms. The third-order valence-electron chi connectivity index (χ3n) is 8.72. The fourth-order valence-electron chi connectivity index (χ4n) is 6.46. The second-order valence-corrected chi connectivity index (χ2v) is 12.7. The van der Waals surface area contributed by atoms with Crippen LogP contribution in [0.3, 0.4) is 0 Å². The molecule has 0 saturated carbocycles. The van der Waals surface area contributed by atoms with Crippen molar-refractivity contribution in [1.29, 1.82) is 0 Å². The predicted molar refractivity (Wildman–Crippen MR) is 207 cm³/mol. The number of aryl methyl sites for hydroxylation is 1. The van der Waals surface area contributed by atoms with Crippen molar-refractivity contribution in [3.63, 3.8) is 0 Å². The Morgan fingerprint density at radius 2 is 0.739 bits per heavy atom. The van der Waals surface area contributed by atoms with Crippen LogP contribution in [0.4, 0.5) is 0 Å². The first-order chi connectivity index (χ1) is 22.6. The van der Waals surface area contributed by atoms with Gasteiger partial charge in [0.05, 0.1) is 0 Å². The summed E-state index contributed by atoms with van der Waals surface area (Å²) in [7, 11) is 0. The van der Waals surface area contributed by atoms with Gasteiger partial charge in [-0.3, -0.25) is 0 Å². The van der Waals surface area contributed by atoms with E-state index in [0.717, 1.165) is 0 Å². The van der Waals surface area contributed by atoms with Gasteiger partial charge in [0.25, 0.3) is 0 Å². The van der Waals surface area contributed by atoms with Gasteiger partial charge in [0.1, 0.15) is 0 Å². The largest absolute Gasteiger partial charge is 0.169 e. The van der Waals surface area contributed by atoms with Crippen molar-refractivity contribution in [2.75, 3.05) is 12.5 Å². The highest BCUT2D eigenvalue weighted by Crippen LogP contribution is 2.39. The summed E-state index contributed by atoms with van der Waals surface area (Å²) < 4.78 is 0.